The topological polar surface area (TPSA) is 93.0 Å². The predicted molar refractivity (Wildman–Crippen MR) is 131 cm³/mol. The maximum atomic E-state index is 13.3. The zero-order valence-electron chi connectivity index (χ0n) is 19.4. The van der Waals surface area contributed by atoms with Gasteiger partial charge in [-0.3, -0.25) is 9.10 Å². The minimum Gasteiger partial charge on any atom is -0.492 e. The van der Waals surface area contributed by atoms with Gasteiger partial charge in [0.25, 0.3) is 5.91 Å². The number of hydrazone groups is 1. The van der Waals surface area contributed by atoms with Crippen molar-refractivity contribution in [1.29, 1.82) is 0 Å². The summed E-state index contributed by atoms with van der Waals surface area (Å²) in [6.07, 6.45) is 2.51. The molecule has 1 heterocycles. The summed E-state index contributed by atoms with van der Waals surface area (Å²) in [5.74, 6) is -0.567. The Morgan fingerprint density at radius 1 is 1.18 bits per heavy atom. The third-order valence-electron chi connectivity index (χ3n) is 5.07. The van der Waals surface area contributed by atoms with Crippen LogP contribution in [0, 0.1) is 19.7 Å². The number of anilines is 1. The molecule has 0 atom stereocenters. The van der Waals surface area contributed by atoms with Crippen molar-refractivity contribution in [1.82, 2.24) is 9.99 Å². The summed E-state index contributed by atoms with van der Waals surface area (Å²) in [6, 6.07) is 14.6. The Bertz CT molecular complexity index is 1300. The lowest BCUT2D eigenvalue weighted by molar-refractivity contribution is -0.119. The highest BCUT2D eigenvalue weighted by Gasteiger charge is 2.23. The fourth-order valence-corrected chi connectivity index (χ4v) is 4.43. The van der Waals surface area contributed by atoms with Gasteiger partial charge in [-0.2, -0.15) is 5.10 Å². The number of nitrogens with one attached hydrogen (secondary N) is 1. The summed E-state index contributed by atoms with van der Waals surface area (Å²) in [5, 5.41) is 4.00. The van der Waals surface area contributed by atoms with Gasteiger partial charge in [-0.05, 0) is 63.2 Å². The van der Waals surface area contributed by atoms with Crippen LogP contribution in [0.3, 0.4) is 0 Å². The molecule has 10 heteroatoms. The van der Waals surface area contributed by atoms with Crippen LogP contribution in [0.5, 0.6) is 5.75 Å². The lowest BCUT2D eigenvalue weighted by Gasteiger charge is -2.23. The molecule has 1 N–H and O–H groups in total. The summed E-state index contributed by atoms with van der Waals surface area (Å²) >= 11 is 0. The van der Waals surface area contributed by atoms with Crippen molar-refractivity contribution in [3.05, 3.63) is 77.4 Å². The van der Waals surface area contributed by atoms with Crippen LogP contribution in [0.25, 0.3) is 5.69 Å². The second-order valence-corrected chi connectivity index (χ2v) is 9.51. The lowest BCUT2D eigenvalue weighted by atomic mass is 10.2. The first kappa shape index (κ1) is 25.0. The molecule has 0 aliphatic heterocycles. The quantitative estimate of drug-likeness (QED) is 0.370. The first-order chi connectivity index (χ1) is 16.1. The summed E-state index contributed by atoms with van der Waals surface area (Å²) in [4.78, 5) is 12.5. The van der Waals surface area contributed by atoms with Crippen LogP contribution in [0.15, 0.2) is 59.7 Å². The average molecular weight is 487 g/mol. The van der Waals surface area contributed by atoms with Crippen LogP contribution in [-0.2, 0) is 14.8 Å². The number of carbonyl (C=O) groups is 1. The van der Waals surface area contributed by atoms with Gasteiger partial charge in [-0.15, -0.1) is 0 Å². The van der Waals surface area contributed by atoms with E-state index in [2.05, 4.69) is 10.5 Å². The number of halogens is 1. The van der Waals surface area contributed by atoms with Gasteiger partial charge >= 0.3 is 0 Å². The summed E-state index contributed by atoms with van der Waals surface area (Å²) < 4.78 is 46.5. The third-order valence-corrected chi connectivity index (χ3v) is 6.20. The molecule has 0 saturated heterocycles. The van der Waals surface area contributed by atoms with E-state index in [0.717, 1.165) is 33.2 Å². The highest BCUT2D eigenvalue weighted by molar-refractivity contribution is 7.92. The summed E-state index contributed by atoms with van der Waals surface area (Å²) in [6.45, 7) is 5.47. The number of amides is 1. The minimum absolute atomic E-state index is 0.272. The van der Waals surface area contributed by atoms with Gasteiger partial charge in [0.15, 0.2) is 0 Å². The number of benzene rings is 2. The number of hydrogen-bond acceptors (Lipinski definition) is 5. The maximum absolute atomic E-state index is 13.3. The molecule has 180 valence electrons. The zero-order chi connectivity index (χ0) is 24.9. The molecule has 1 amide bonds. The summed E-state index contributed by atoms with van der Waals surface area (Å²) in [7, 11) is -3.76. The number of carbonyl (C=O) groups excluding carboxylic acids is 1. The van der Waals surface area contributed by atoms with Crippen LogP contribution < -0.4 is 14.5 Å². The molecule has 1 aromatic heterocycles. The highest BCUT2D eigenvalue weighted by atomic mass is 32.2. The van der Waals surface area contributed by atoms with E-state index in [1.807, 2.05) is 24.5 Å². The van der Waals surface area contributed by atoms with Gasteiger partial charge in [0.05, 0.1) is 24.8 Å². The Morgan fingerprint density at radius 3 is 2.50 bits per heavy atom. The zero-order valence-corrected chi connectivity index (χ0v) is 20.3. The molecule has 34 heavy (non-hydrogen) atoms. The Morgan fingerprint density at radius 2 is 1.85 bits per heavy atom. The average Bonchev–Trinajstić information content (AvgIpc) is 3.06. The molecule has 0 unspecified atom stereocenters. The van der Waals surface area contributed by atoms with Gasteiger partial charge in [0.1, 0.15) is 18.1 Å². The number of nitrogens with zero attached hydrogens (tertiary/aromatic N) is 3. The number of aromatic nitrogens is 1. The van der Waals surface area contributed by atoms with Crippen LogP contribution in [0.4, 0.5) is 10.1 Å². The van der Waals surface area contributed by atoms with E-state index in [0.29, 0.717) is 12.4 Å². The van der Waals surface area contributed by atoms with Crippen LogP contribution in [0.2, 0.25) is 0 Å². The van der Waals surface area contributed by atoms with E-state index in [1.165, 1.54) is 18.3 Å². The van der Waals surface area contributed by atoms with Gasteiger partial charge in [0, 0.05) is 22.6 Å². The molecule has 3 rings (SSSR count). The molecule has 3 aromatic rings. The molecule has 2 aromatic carbocycles. The number of para-hydroxylation sites is 2. The number of rotatable bonds is 9. The van der Waals surface area contributed by atoms with Crippen molar-refractivity contribution in [3.8, 4) is 11.4 Å². The molecule has 0 aliphatic rings. The van der Waals surface area contributed by atoms with E-state index in [9.17, 15) is 17.6 Å². The fraction of sp³-hybridized carbons (Fsp3) is 0.250. The van der Waals surface area contributed by atoms with Crippen molar-refractivity contribution in [3.63, 3.8) is 0 Å². The van der Waals surface area contributed by atoms with E-state index in [4.69, 9.17) is 4.74 Å². The Balaban J connectivity index is 1.76. The second kappa shape index (κ2) is 10.5. The van der Waals surface area contributed by atoms with Crippen LogP contribution in [0.1, 0.15) is 23.9 Å². The SMILES string of the molecule is CCOc1ccccc1N(CC(=O)N/N=C\c1cc(C)n(-c2ccc(F)cc2)c1C)S(C)(=O)=O. The Hall–Kier alpha value is -3.66. The van der Waals surface area contributed by atoms with Crippen LogP contribution in [-0.4, -0.2) is 44.5 Å². The van der Waals surface area contributed by atoms with Crippen molar-refractivity contribution in [2.45, 2.75) is 20.8 Å². The molecule has 0 radical (unpaired) electrons. The molecule has 0 spiro atoms. The van der Waals surface area contributed by atoms with E-state index in [-0.39, 0.29) is 11.5 Å². The van der Waals surface area contributed by atoms with E-state index >= 15 is 0 Å². The molecular weight excluding hydrogens is 459 g/mol. The monoisotopic (exact) mass is 486 g/mol. The summed E-state index contributed by atoms with van der Waals surface area (Å²) in [5.41, 5.74) is 5.97. The second-order valence-electron chi connectivity index (χ2n) is 7.60. The van der Waals surface area contributed by atoms with Gasteiger partial charge in [-0.25, -0.2) is 18.2 Å². The molecular formula is C24H27FN4O4S. The number of ether oxygens (including phenoxy) is 1. The number of sulfonamides is 1. The normalized spacial score (nSPS) is 11.6. The first-order valence-corrected chi connectivity index (χ1v) is 12.4. The van der Waals surface area contributed by atoms with Crippen molar-refractivity contribution in [2.24, 2.45) is 5.10 Å². The predicted octanol–water partition coefficient (Wildman–Crippen LogP) is 3.55. The van der Waals surface area contributed by atoms with Crippen molar-refractivity contribution < 1.29 is 22.3 Å². The minimum atomic E-state index is -3.76. The third kappa shape index (κ3) is 5.82. The molecule has 8 nitrogen and oxygen atoms in total. The van der Waals surface area contributed by atoms with Gasteiger partial charge in [-0.1, -0.05) is 12.1 Å². The van der Waals surface area contributed by atoms with E-state index in [1.54, 1.807) is 43.3 Å². The highest BCUT2D eigenvalue weighted by Crippen LogP contribution is 2.29. The number of aryl methyl sites for hydroxylation is 1. The standard InChI is InChI=1S/C24H27FN4O4S/c1-5-33-23-9-7-6-8-22(23)28(34(4,31)32)16-24(30)27-26-15-19-14-17(2)29(18(19)3)21-12-10-20(25)11-13-21/h6-15H,5,16H2,1-4H3,(H,27,30)/b26-15-. The van der Waals surface area contributed by atoms with Crippen molar-refractivity contribution in [2.75, 3.05) is 23.7 Å². The first-order valence-electron chi connectivity index (χ1n) is 10.6. The molecule has 0 bridgehead atoms. The fourth-order valence-electron chi connectivity index (χ4n) is 3.57. The lowest BCUT2D eigenvalue weighted by Crippen LogP contribution is -2.39. The van der Waals surface area contributed by atoms with E-state index < -0.39 is 22.5 Å². The van der Waals surface area contributed by atoms with Gasteiger partial charge < -0.3 is 9.30 Å². The smallest absolute Gasteiger partial charge is 0.260 e. The Kier molecular flexibility index (Phi) is 7.72. The molecule has 0 saturated carbocycles. The van der Waals surface area contributed by atoms with Crippen molar-refractivity contribution >= 4 is 27.8 Å². The Labute approximate surface area is 198 Å². The van der Waals surface area contributed by atoms with Gasteiger partial charge in [0.2, 0.25) is 10.0 Å². The maximum Gasteiger partial charge on any atom is 0.260 e. The molecule has 0 fully saturated rings. The largest absolute Gasteiger partial charge is 0.492 e. The molecule has 0 aliphatic carbocycles. The number of hydrogen-bond donors (Lipinski definition) is 1. The van der Waals surface area contributed by atoms with Crippen LogP contribution >= 0.6 is 0 Å².